The number of halogens is 1. The molecule has 0 spiro atoms. The number of carbonyl (C=O) groups excluding carboxylic acids is 2. The van der Waals surface area contributed by atoms with Crippen molar-refractivity contribution in [2.45, 2.75) is 0 Å². The smallest absolute Gasteiger partial charge is 0.285 e. The maximum absolute atomic E-state index is 12.7. The molecule has 8 nitrogen and oxygen atoms in total. The highest BCUT2D eigenvalue weighted by atomic mass is 35.5. The van der Waals surface area contributed by atoms with Crippen LogP contribution >= 0.6 is 35.6 Å². The predicted octanol–water partition coefficient (Wildman–Crippen LogP) is 5.05. The zero-order chi connectivity index (χ0) is 22.8. The van der Waals surface area contributed by atoms with Crippen molar-refractivity contribution in [3.8, 4) is 11.3 Å². The molecule has 0 bridgehead atoms. The third-order valence-electron chi connectivity index (χ3n) is 4.38. The predicted molar refractivity (Wildman–Crippen MR) is 125 cm³/mol. The molecular formula is C21H12ClN3O5S2. The molecule has 160 valence electrons. The SMILES string of the molecule is O=C(NN1C(=O)/C(=C\c2ccc(-c3ccc([N+](=O)[O-])cc3)o2)SC1=S)c1ccc(Cl)cc1. The Hall–Kier alpha value is -3.47. The molecule has 1 aliphatic heterocycles. The van der Waals surface area contributed by atoms with E-state index in [9.17, 15) is 19.7 Å². The van der Waals surface area contributed by atoms with Gasteiger partial charge in [0, 0.05) is 34.4 Å². The van der Waals surface area contributed by atoms with Crippen LogP contribution in [0.2, 0.25) is 5.02 Å². The van der Waals surface area contributed by atoms with Crippen LogP contribution < -0.4 is 5.43 Å². The number of thioether (sulfide) groups is 1. The minimum absolute atomic E-state index is 0.0233. The van der Waals surface area contributed by atoms with E-state index in [2.05, 4.69) is 5.43 Å². The van der Waals surface area contributed by atoms with Gasteiger partial charge in [-0.3, -0.25) is 25.1 Å². The highest BCUT2D eigenvalue weighted by Crippen LogP contribution is 2.33. The van der Waals surface area contributed by atoms with Crippen LogP contribution in [0.15, 0.2) is 70.0 Å². The number of nitro benzene ring substituents is 1. The number of rotatable bonds is 5. The standard InChI is InChI=1S/C21H12ClN3O5S2/c22-14-5-1-13(2-6-14)19(26)23-24-20(27)18(32-21(24)31)11-16-9-10-17(30-16)12-3-7-15(8-4-12)25(28)29/h1-11H,(H,23,26)/b18-11+. The van der Waals surface area contributed by atoms with Crippen molar-refractivity contribution in [3.63, 3.8) is 0 Å². The Morgan fingerprint density at radius 3 is 2.47 bits per heavy atom. The average molecular weight is 486 g/mol. The molecule has 0 radical (unpaired) electrons. The minimum atomic E-state index is -0.502. The highest BCUT2D eigenvalue weighted by molar-refractivity contribution is 8.26. The molecule has 3 aromatic rings. The molecule has 1 saturated heterocycles. The number of furan rings is 1. The first-order valence-corrected chi connectivity index (χ1v) is 10.6. The highest BCUT2D eigenvalue weighted by Gasteiger charge is 2.34. The second-order valence-electron chi connectivity index (χ2n) is 6.47. The Balaban J connectivity index is 1.48. The van der Waals surface area contributed by atoms with Gasteiger partial charge >= 0.3 is 0 Å². The molecular weight excluding hydrogens is 474 g/mol. The largest absolute Gasteiger partial charge is 0.457 e. The van der Waals surface area contributed by atoms with Crippen molar-refractivity contribution in [2.24, 2.45) is 0 Å². The summed E-state index contributed by atoms with van der Waals surface area (Å²) in [6.07, 6.45) is 1.52. The number of hydrogen-bond acceptors (Lipinski definition) is 7. The van der Waals surface area contributed by atoms with Crippen molar-refractivity contribution in [3.05, 3.63) is 92.0 Å². The van der Waals surface area contributed by atoms with Crippen LogP contribution in [-0.2, 0) is 4.79 Å². The maximum Gasteiger partial charge on any atom is 0.285 e. The first-order valence-electron chi connectivity index (χ1n) is 9.01. The molecule has 1 aromatic heterocycles. The van der Waals surface area contributed by atoms with Gasteiger partial charge in [-0.1, -0.05) is 23.4 Å². The Kier molecular flexibility index (Phi) is 6.08. The van der Waals surface area contributed by atoms with Crippen LogP contribution in [0.25, 0.3) is 17.4 Å². The molecule has 2 heterocycles. The van der Waals surface area contributed by atoms with Gasteiger partial charge in [0.2, 0.25) is 0 Å². The first kappa shape index (κ1) is 21.8. The van der Waals surface area contributed by atoms with Crippen LogP contribution in [0.5, 0.6) is 0 Å². The monoisotopic (exact) mass is 485 g/mol. The number of nitro groups is 1. The van der Waals surface area contributed by atoms with Gasteiger partial charge in [-0.2, -0.15) is 5.01 Å². The minimum Gasteiger partial charge on any atom is -0.457 e. The molecule has 11 heteroatoms. The van der Waals surface area contributed by atoms with Crippen LogP contribution in [0, 0.1) is 10.1 Å². The van der Waals surface area contributed by atoms with E-state index in [1.807, 2.05) is 0 Å². The van der Waals surface area contributed by atoms with Gasteiger partial charge < -0.3 is 4.42 Å². The number of thiocarbonyl (C=S) groups is 1. The quantitative estimate of drug-likeness (QED) is 0.233. The fraction of sp³-hybridized carbons (Fsp3) is 0. The molecule has 32 heavy (non-hydrogen) atoms. The number of nitrogens with one attached hydrogen (secondary N) is 1. The summed E-state index contributed by atoms with van der Waals surface area (Å²) in [6, 6.07) is 15.5. The van der Waals surface area contributed by atoms with Gasteiger partial charge in [0.05, 0.1) is 9.83 Å². The van der Waals surface area contributed by atoms with Crippen LogP contribution in [-0.4, -0.2) is 26.1 Å². The number of non-ortho nitro benzene ring substituents is 1. The van der Waals surface area contributed by atoms with E-state index in [0.717, 1.165) is 16.8 Å². The van der Waals surface area contributed by atoms with Gasteiger partial charge in [0.25, 0.3) is 17.5 Å². The molecule has 2 amide bonds. The summed E-state index contributed by atoms with van der Waals surface area (Å²) in [7, 11) is 0. The van der Waals surface area contributed by atoms with Gasteiger partial charge in [0.1, 0.15) is 11.5 Å². The van der Waals surface area contributed by atoms with E-state index in [-0.39, 0.29) is 14.9 Å². The number of amides is 2. The number of carbonyl (C=O) groups is 2. The zero-order valence-electron chi connectivity index (χ0n) is 16.0. The third kappa shape index (κ3) is 4.57. The topological polar surface area (TPSA) is 106 Å². The van der Waals surface area contributed by atoms with Gasteiger partial charge in [-0.05, 0) is 60.7 Å². The number of nitrogens with zero attached hydrogens (tertiary/aromatic N) is 2. The lowest BCUT2D eigenvalue weighted by molar-refractivity contribution is -0.384. The van der Waals surface area contributed by atoms with E-state index >= 15 is 0 Å². The number of hydrogen-bond donors (Lipinski definition) is 1. The van der Waals surface area contributed by atoms with Crippen molar-refractivity contribution < 1.29 is 18.9 Å². The molecule has 1 fully saturated rings. The van der Waals surface area contributed by atoms with Crippen molar-refractivity contribution in [1.82, 2.24) is 10.4 Å². The van der Waals surface area contributed by atoms with E-state index in [4.69, 9.17) is 28.2 Å². The Morgan fingerprint density at radius 1 is 1.12 bits per heavy atom. The summed E-state index contributed by atoms with van der Waals surface area (Å²) < 4.78 is 5.91. The second kappa shape index (κ2) is 8.95. The van der Waals surface area contributed by atoms with Crippen molar-refractivity contribution >= 4 is 63.5 Å². The molecule has 1 aliphatic rings. The third-order valence-corrected chi connectivity index (χ3v) is 5.93. The van der Waals surface area contributed by atoms with Crippen LogP contribution in [0.4, 0.5) is 5.69 Å². The molecule has 2 aromatic carbocycles. The lowest BCUT2D eigenvalue weighted by Crippen LogP contribution is -2.44. The van der Waals surface area contributed by atoms with Gasteiger partial charge in [0.15, 0.2) is 4.32 Å². The lowest BCUT2D eigenvalue weighted by atomic mass is 10.1. The average Bonchev–Trinajstić information content (AvgIpc) is 3.34. The van der Waals surface area contributed by atoms with Crippen molar-refractivity contribution in [2.75, 3.05) is 0 Å². The van der Waals surface area contributed by atoms with E-state index in [1.54, 1.807) is 36.4 Å². The lowest BCUT2D eigenvalue weighted by Gasteiger charge is -2.15. The molecule has 1 N–H and O–H groups in total. The molecule has 0 aliphatic carbocycles. The van der Waals surface area contributed by atoms with Crippen LogP contribution in [0.3, 0.4) is 0 Å². The van der Waals surface area contributed by atoms with Crippen molar-refractivity contribution in [1.29, 1.82) is 0 Å². The Bertz CT molecular complexity index is 1270. The van der Waals surface area contributed by atoms with E-state index < -0.39 is 16.7 Å². The molecule has 0 atom stereocenters. The summed E-state index contributed by atoms with van der Waals surface area (Å²) >= 11 is 12.1. The Morgan fingerprint density at radius 2 is 1.81 bits per heavy atom. The fourth-order valence-corrected chi connectivity index (χ4v) is 4.08. The zero-order valence-corrected chi connectivity index (χ0v) is 18.4. The summed E-state index contributed by atoms with van der Waals surface area (Å²) in [6.45, 7) is 0. The van der Waals surface area contributed by atoms with E-state index in [0.29, 0.717) is 27.7 Å². The van der Waals surface area contributed by atoms with Gasteiger partial charge in [-0.25, -0.2) is 0 Å². The number of hydrazine groups is 1. The normalized spacial score (nSPS) is 14.8. The second-order valence-corrected chi connectivity index (χ2v) is 8.58. The fourth-order valence-electron chi connectivity index (χ4n) is 2.79. The first-order chi connectivity index (χ1) is 15.3. The molecule has 0 saturated carbocycles. The summed E-state index contributed by atoms with van der Waals surface area (Å²) in [5, 5.41) is 12.3. The molecule has 0 unspecified atom stereocenters. The maximum atomic E-state index is 12.7. The number of benzene rings is 2. The van der Waals surface area contributed by atoms with Gasteiger partial charge in [-0.15, -0.1) is 0 Å². The molecule has 4 rings (SSSR count). The summed E-state index contributed by atoms with van der Waals surface area (Å²) in [4.78, 5) is 35.7. The summed E-state index contributed by atoms with van der Waals surface area (Å²) in [5.74, 6) is -0.117. The Labute approximate surface area is 196 Å². The summed E-state index contributed by atoms with van der Waals surface area (Å²) in [5.41, 5.74) is 3.44. The van der Waals surface area contributed by atoms with E-state index in [1.165, 1.54) is 30.3 Å². The van der Waals surface area contributed by atoms with Crippen LogP contribution in [0.1, 0.15) is 16.1 Å².